The van der Waals surface area contributed by atoms with Gasteiger partial charge in [-0.2, -0.15) is 8.93 Å². The topological polar surface area (TPSA) is 17.1 Å². The van der Waals surface area contributed by atoms with Gasteiger partial charge in [-0.25, -0.2) is 1.34 Å². The second kappa shape index (κ2) is 16.0. The maximum absolute atomic E-state index is 8.06. The van der Waals surface area contributed by atoms with Crippen molar-refractivity contribution in [3.8, 4) is 0 Å². The van der Waals surface area contributed by atoms with Crippen molar-refractivity contribution in [2.75, 3.05) is 0 Å². The summed E-state index contributed by atoms with van der Waals surface area (Å²) < 4.78 is 14.7. The third kappa shape index (κ3) is 17.5. The van der Waals surface area contributed by atoms with E-state index in [-0.39, 0.29) is 6.24 Å². The molecule has 1 radical (unpaired) electrons. The molecule has 2 unspecified atom stereocenters. The van der Waals surface area contributed by atoms with Gasteiger partial charge >= 0.3 is 19.8 Å². The van der Waals surface area contributed by atoms with E-state index in [2.05, 4.69) is 21.4 Å². The summed E-state index contributed by atoms with van der Waals surface area (Å²) in [5.74, 6) is 0. The van der Waals surface area contributed by atoms with Crippen LogP contribution in [-0.2, 0) is 19.8 Å². The molecule has 0 amide bonds. The Kier molecular flexibility index (Phi) is 20.2. The van der Waals surface area contributed by atoms with Crippen LogP contribution in [0.1, 0.15) is 0 Å². The summed E-state index contributed by atoms with van der Waals surface area (Å²) in [5.41, 5.74) is 0. The van der Waals surface area contributed by atoms with Crippen molar-refractivity contribution in [2.45, 2.75) is 0 Å². The summed E-state index contributed by atoms with van der Waals surface area (Å²) in [4.78, 5) is 0. The minimum absolute atomic E-state index is 0.181. The van der Waals surface area contributed by atoms with E-state index in [1.807, 2.05) is 0 Å². The molecule has 0 rings (SSSR count). The first kappa shape index (κ1) is 7.59. The van der Waals surface area contributed by atoms with Crippen LogP contribution in [0.15, 0.2) is 0 Å². The van der Waals surface area contributed by atoms with E-state index in [9.17, 15) is 0 Å². The van der Waals surface area contributed by atoms with Gasteiger partial charge in [-0.3, -0.25) is 8.15 Å². The van der Waals surface area contributed by atoms with Crippen LogP contribution in [-0.4, -0.2) is 7.58 Å². The summed E-state index contributed by atoms with van der Waals surface area (Å²) in [6.07, 6.45) is -0.181. The van der Waals surface area contributed by atoms with Crippen molar-refractivity contribution >= 4 is 35.8 Å². The zero-order chi connectivity index (χ0) is 6.28. The first-order valence-electron chi connectivity index (χ1n) is 1.57. The summed E-state index contributed by atoms with van der Waals surface area (Å²) in [5, 5.41) is 0. The van der Waals surface area contributed by atoms with Gasteiger partial charge in [0, 0.05) is 0 Å². The molecular weight excluding hydrogens is 176 g/mol. The number of hydrogen-bond donors (Lipinski definition) is 1. The van der Waals surface area contributed by atoms with Gasteiger partial charge in [-0.1, -0.05) is 6.24 Å². The molecule has 0 aliphatic heterocycles. The van der Waals surface area contributed by atoms with E-state index in [1.165, 1.54) is 0 Å². The van der Waals surface area contributed by atoms with Crippen LogP contribution in [0.2, 0.25) is 0 Å². The predicted molar refractivity (Wildman–Crippen MR) is 34.8 cm³/mol. The van der Waals surface area contributed by atoms with Crippen molar-refractivity contribution in [3.05, 3.63) is 0 Å². The Morgan fingerprint density at radius 2 is 2.33 bits per heavy atom. The molecule has 0 fully saturated rings. The van der Waals surface area contributed by atoms with Gasteiger partial charge in [0.1, 0.15) is 0 Å². The van der Waals surface area contributed by atoms with Crippen molar-refractivity contribution < 1.29 is 19.8 Å². The molecule has 0 saturated heterocycles. The molecule has 6 heteroatoms. The molecule has 0 spiro atoms. The summed E-state index contributed by atoms with van der Waals surface area (Å²) in [7, 11) is 3.02. The van der Waals surface area contributed by atoms with E-state index < -0.39 is 0 Å². The average molecular weight is 183 g/mol. The Hall–Kier alpha value is 1.59. The van der Waals surface area contributed by atoms with Crippen LogP contribution in [0.25, 0.3) is 0 Å². The molecule has 2 atom stereocenters. The monoisotopic (exact) mass is 183 g/mol. The quantitative estimate of drug-likeness (QED) is 0.356. The summed E-state index contributed by atoms with van der Waals surface area (Å²) >= 11 is 5.44. The summed E-state index contributed by atoms with van der Waals surface area (Å²) in [6, 6.07) is 0. The SMILES string of the molecule is [3H][B-](S)PP.[O]=[Mn]. The fraction of sp³-hybridized carbons (Fsp3) is 0. The standard InChI is InChI=1S/BH5P2S.Mn.O/c2-3-1-4;;/h1,3-4H,2H2;;/q-1;;/i1T;;. The number of hydrogen-bond acceptors (Lipinski definition) is 2. The van der Waals surface area contributed by atoms with Crippen LogP contribution < -0.4 is 0 Å². The first-order valence-corrected chi connectivity index (χ1v) is 4.87. The molecular formula is H5BMnOP2S-. The fourth-order valence-corrected chi connectivity index (χ4v) is 0. The second-order valence-corrected chi connectivity index (χ2v) is 2.66. The number of rotatable bonds is 1. The Labute approximate surface area is 57.2 Å². The van der Waals surface area contributed by atoms with Crippen LogP contribution in [0.5, 0.6) is 0 Å². The Balaban J connectivity index is 0. The summed E-state index contributed by atoms with van der Waals surface area (Å²) in [6.45, 7) is 0. The van der Waals surface area contributed by atoms with Gasteiger partial charge in [0.05, 0.1) is 0 Å². The van der Waals surface area contributed by atoms with Gasteiger partial charge in [0.15, 0.2) is 0 Å². The van der Waals surface area contributed by atoms with Crippen LogP contribution >= 0.6 is 29.6 Å². The van der Waals surface area contributed by atoms with Gasteiger partial charge in [0.25, 0.3) is 0 Å². The zero-order valence-corrected chi connectivity index (χ0v) is 7.12. The molecule has 6 heavy (non-hydrogen) atoms. The first-order chi connectivity index (χ1) is 3.27. The van der Waals surface area contributed by atoms with Crippen molar-refractivity contribution in [1.82, 2.24) is 0 Å². The van der Waals surface area contributed by atoms with Crippen LogP contribution in [0, 0.1) is 0 Å². The molecule has 0 aliphatic rings. The van der Waals surface area contributed by atoms with Crippen molar-refractivity contribution in [3.63, 3.8) is 0 Å². The molecule has 0 bridgehead atoms. The molecule has 0 heterocycles. The molecule has 0 N–H and O–H groups in total. The Morgan fingerprint density at radius 3 is 2.33 bits per heavy atom. The molecule has 0 aromatic rings. The van der Waals surface area contributed by atoms with Gasteiger partial charge < -0.3 is 12.5 Å². The van der Waals surface area contributed by atoms with E-state index in [0.717, 1.165) is 0 Å². The van der Waals surface area contributed by atoms with E-state index in [0.29, 0.717) is 8.15 Å². The van der Waals surface area contributed by atoms with Crippen LogP contribution in [0.4, 0.5) is 0 Å². The molecule has 38 valence electrons. The Bertz CT molecular complexity index is 38.9. The van der Waals surface area contributed by atoms with Gasteiger partial charge in [-0.05, 0) is 0 Å². The second-order valence-electron chi connectivity index (χ2n) is 0.296. The Morgan fingerprint density at radius 1 is 2.17 bits per heavy atom. The van der Waals surface area contributed by atoms with Crippen LogP contribution in [0.3, 0.4) is 0 Å². The predicted octanol–water partition coefficient (Wildman–Crippen LogP) is 0.530. The molecule has 0 saturated carbocycles. The van der Waals surface area contributed by atoms with E-state index >= 15 is 0 Å². The average Bonchev–Trinajstić information content (AvgIpc) is 1.73. The van der Waals surface area contributed by atoms with Gasteiger partial charge in [-0.15, -0.1) is 0 Å². The third-order valence-corrected chi connectivity index (χ3v) is 2.01. The normalized spacial score (nSPS) is 10.8. The zero-order valence-electron chi connectivity index (χ0n) is 3.89. The molecule has 0 aromatic heterocycles. The minimum atomic E-state index is -0.181. The number of thiol groups is 1. The van der Waals surface area contributed by atoms with E-state index in [1.54, 1.807) is 15.9 Å². The van der Waals surface area contributed by atoms with Crippen molar-refractivity contribution in [2.24, 2.45) is 0 Å². The maximum atomic E-state index is 8.06. The van der Waals surface area contributed by atoms with Crippen molar-refractivity contribution in [1.29, 1.82) is 1.34 Å². The molecule has 1 nitrogen and oxygen atoms in total. The molecule has 0 aromatic carbocycles. The third-order valence-electron chi connectivity index (χ3n) is 0.0745. The van der Waals surface area contributed by atoms with Gasteiger partial charge in [0.2, 0.25) is 0 Å². The molecule has 0 aliphatic carbocycles. The fourth-order valence-electron chi connectivity index (χ4n) is 0. The van der Waals surface area contributed by atoms with E-state index in [4.69, 9.17) is 5.17 Å².